The third kappa shape index (κ3) is 1.10. The van der Waals surface area contributed by atoms with Gasteiger partial charge in [0, 0.05) is 5.56 Å². The van der Waals surface area contributed by atoms with Gasteiger partial charge in [0.1, 0.15) is 0 Å². The van der Waals surface area contributed by atoms with Gasteiger partial charge >= 0.3 is 0 Å². The van der Waals surface area contributed by atoms with E-state index >= 15 is 0 Å². The SMILES string of the molecule is COc1ccc2c(c1OC)OC1OC=CC21. The molecule has 1 aromatic rings. The van der Waals surface area contributed by atoms with Gasteiger partial charge in [0.05, 0.1) is 26.4 Å². The minimum Gasteiger partial charge on any atom is -0.493 e. The molecule has 84 valence electrons. The third-order valence-electron chi connectivity index (χ3n) is 2.92. The first-order chi connectivity index (χ1) is 7.85. The summed E-state index contributed by atoms with van der Waals surface area (Å²) in [5, 5.41) is 0. The van der Waals surface area contributed by atoms with Crippen LogP contribution < -0.4 is 14.2 Å². The number of methoxy groups -OCH3 is 2. The van der Waals surface area contributed by atoms with Crippen molar-refractivity contribution in [3.8, 4) is 17.2 Å². The monoisotopic (exact) mass is 220 g/mol. The predicted octanol–water partition coefficient (Wildman–Crippen LogP) is 2.05. The molecule has 0 aliphatic carbocycles. The highest BCUT2D eigenvalue weighted by Crippen LogP contribution is 2.50. The molecule has 3 rings (SSSR count). The lowest BCUT2D eigenvalue weighted by Crippen LogP contribution is -2.14. The van der Waals surface area contributed by atoms with Crippen LogP contribution >= 0.6 is 0 Å². The molecule has 0 aromatic heterocycles. The average molecular weight is 220 g/mol. The molecule has 0 saturated heterocycles. The molecule has 0 amide bonds. The Bertz CT molecular complexity index is 453. The Morgan fingerprint density at radius 1 is 1.19 bits per heavy atom. The summed E-state index contributed by atoms with van der Waals surface area (Å²) < 4.78 is 21.6. The molecule has 0 radical (unpaired) electrons. The van der Waals surface area contributed by atoms with Crippen LogP contribution in [-0.4, -0.2) is 20.5 Å². The van der Waals surface area contributed by atoms with Crippen LogP contribution in [0.5, 0.6) is 17.2 Å². The van der Waals surface area contributed by atoms with Gasteiger partial charge in [-0.25, -0.2) is 0 Å². The Balaban J connectivity index is 2.13. The van der Waals surface area contributed by atoms with Crippen molar-refractivity contribution in [3.05, 3.63) is 30.0 Å². The summed E-state index contributed by atoms with van der Waals surface area (Å²) in [6.07, 6.45) is 3.41. The lowest BCUT2D eigenvalue weighted by atomic mass is 10.0. The first-order valence-corrected chi connectivity index (χ1v) is 5.09. The van der Waals surface area contributed by atoms with E-state index in [0.29, 0.717) is 11.5 Å². The summed E-state index contributed by atoms with van der Waals surface area (Å²) in [7, 11) is 3.21. The maximum Gasteiger partial charge on any atom is 0.250 e. The van der Waals surface area contributed by atoms with Crippen LogP contribution in [0, 0.1) is 0 Å². The zero-order chi connectivity index (χ0) is 11.1. The smallest absolute Gasteiger partial charge is 0.250 e. The van der Waals surface area contributed by atoms with Gasteiger partial charge in [0.15, 0.2) is 11.5 Å². The van der Waals surface area contributed by atoms with Crippen LogP contribution in [0.25, 0.3) is 0 Å². The number of hydrogen-bond donors (Lipinski definition) is 0. The number of rotatable bonds is 2. The van der Waals surface area contributed by atoms with Crippen molar-refractivity contribution in [3.63, 3.8) is 0 Å². The fourth-order valence-electron chi connectivity index (χ4n) is 2.15. The van der Waals surface area contributed by atoms with E-state index in [9.17, 15) is 0 Å². The van der Waals surface area contributed by atoms with E-state index in [0.717, 1.165) is 11.3 Å². The van der Waals surface area contributed by atoms with Gasteiger partial charge in [-0.05, 0) is 12.1 Å². The van der Waals surface area contributed by atoms with Crippen molar-refractivity contribution in [2.45, 2.75) is 12.2 Å². The van der Waals surface area contributed by atoms with Gasteiger partial charge in [-0.1, -0.05) is 6.07 Å². The fourth-order valence-corrected chi connectivity index (χ4v) is 2.15. The van der Waals surface area contributed by atoms with Gasteiger partial charge in [-0.2, -0.15) is 0 Å². The third-order valence-corrected chi connectivity index (χ3v) is 2.92. The molecule has 0 saturated carbocycles. The van der Waals surface area contributed by atoms with Gasteiger partial charge in [0.25, 0.3) is 6.29 Å². The molecule has 0 N–H and O–H groups in total. The lowest BCUT2D eigenvalue weighted by molar-refractivity contribution is -0.00616. The van der Waals surface area contributed by atoms with Crippen LogP contribution in [0.4, 0.5) is 0 Å². The molecule has 2 unspecified atom stereocenters. The highest BCUT2D eigenvalue weighted by atomic mass is 16.7. The minimum atomic E-state index is -0.254. The Kier molecular flexibility index (Phi) is 1.96. The van der Waals surface area contributed by atoms with E-state index in [1.807, 2.05) is 18.2 Å². The van der Waals surface area contributed by atoms with E-state index in [1.165, 1.54) is 0 Å². The molecule has 2 aliphatic rings. The number of hydrogen-bond acceptors (Lipinski definition) is 4. The number of benzene rings is 1. The maximum atomic E-state index is 5.71. The normalized spacial score (nSPS) is 24.4. The highest BCUT2D eigenvalue weighted by molar-refractivity contribution is 5.59. The van der Waals surface area contributed by atoms with Crippen LogP contribution in [-0.2, 0) is 4.74 Å². The molecular weight excluding hydrogens is 208 g/mol. The molecule has 4 heteroatoms. The Labute approximate surface area is 93.4 Å². The molecular formula is C12H12O4. The molecule has 2 heterocycles. The van der Waals surface area contributed by atoms with Crippen molar-refractivity contribution in [2.24, 2.45) is 0 Å². The van der Waals surface area contributed by atoms with Crippen LogP contribution in [0.3, 0.4) is 0 Å². The van der Waals surface area contributed by atoms with Crippen molar-refractivity contribution >= 4 is 0 Å². The summed E-state index contributed by atoms with van der Waals surface area (Å²) in [6.45, 7) is 0. The molecule has 4 nitrogen and oxygen atoms in total. The van der Waals surface area contributed by atoms with Crippen LogP contribution in [0.1, 0.15) is 11.5 Å². The number of fused-ring (bicyclic) bond motifs is 3. The molecule has 2 atom stereocenters. The molecule has 2 aliphatic heterocycles. The fraction of sp³-hybridized carbons (Fsp3) is 0.333. The Hall–Kier alpha value is -1.84. The lowest BCUT2D eigenvalue weighted by Gasteiger charge is -2.12. The van der Waals surface area contributed by atoms with Crippen molar-refractivity contribution in [1.29, 1.82) is 0 Å². The quantitative estimate of drug-likeness (QED) is 0.764. The first kappa shape index (κ1) is 9.39. The summed E-state index contributed by atoms with van der Waals surface area (Å²) in [6, 6.07) is 3.87. The predicted molar refractivity (Wildman–Crippen MR) is 56.9 cm³/mol. The van der Waals surface area contributed by atoms with Crippen LogP contribution in [0.15, 0.2) is 24.5 Å². The molecule has 1 aromatic carbocycles. The van der Waals surface area contributed by atoms with E-state index in [1.54, 1.807) is 20.5 Å². The van der Waals surface area contributed by atoms with E-state index < -0.39 is 0 Å². The Morgan fingerprint density at radius 3 is 2.81 bits per heavy atom. The standard InChI is InChI=1S/C12H12O4/c1-13-9-4-3-7-8-5-6-15-12(8)16-10(7)11(9)14-2/h3-6,8,12H,1-2H3. The topological polar surface area (TPSA) is 36.9 Å². The summed E-state index contributed by atoms with van der Waals surface area (Å²) in [5.41, 5.74) is 1.08. The zero-order valence-corrected chi connectivity index (χ0v) is 9.10. The average Bonchev–Trinajstić information content (AvgIpc) is 2.87. The second kappa shape index (κ2) is 3.33. The second-order valence-corrected chi connectivity index (χ2v) is 3.70. The minimum absolute atomic E-state index is 0.162. The van der Waals surface area contributed by atoms with Crippen molar-refractivity contribution in [2.75, 3.05) is 14.2 Å². The van der Waals surface area contributed by atoms with E-state index in [4.69, 9.17) is 18.9 Å². The molecule has 0 fully saturated rings. The van der Waals surface area contributed by atoms with Crippen LogP contribution in [0.2, 0.25) is 0 Å². The maximum absolute atomic E-state index is 5.71. The van der Waals surface area contributed by atoms with Crippen molar-refractivity contribution in [1.82, 2.24) is 0 Å². The second-order valence-electron chi connectivity index (χ2n) is 3.70. The number of ether oxygens (including phenoxy) is 4. The summed E-state index contributed by atoms with van der Waals surface area (Å²) in [5.74, 6) is 2.19. The largest absolute Gasteiger partial charge is 0.493 e. The summed E-state index contributed by atoms with van der Waals surface area (Å²) >= 11 is 0. The first-order valence-electron chi connectivity index (χ1n) is 5.09. The van der Waals surface area contributed by atoms with Gasteiger partial charge in [0.2, 0.25) is 5.75 Å². The van der Waals surface area contributed by atoms with Crippen molar-refractivity contribution < 1.29 is 18.9 Å². The van der Waals surface area contributed by atoms with E-state index in [2.05, 4.69) is 0 Å². The molecule has 0 bridgehead atoms. The summed E-state index contributed by atoms with van der Waals surface area (Å²) in [4.78, 5) is 0. The molecule has 0 spiro atoms. The Morgan fingerprint density at radius 2 is 2.06 bits per heavy atom. The van der Waals surface area contributed by atoms with E-state index in [-0.39, 0.29) is 12.2 Å². The highest BCUT2D eigenvalue weighted by Gasteiger charge is 2.39. The van der Waals surface area contributed by atoms with Gasteiger partial charge in [-0.3, -0.25) is 0 Å². The zero-order valence-electron chi connectivity index (χ0n) is 9.10. The van der Waals surface area contributed by atoms with Gasteiger partial charge in [-0.15, -0.1) is 0 Å². The van der Waals surface area contributed by atoms with Gasteiger partial charge < -0.3 is 18.9 Å². The molecule has 16 heavy (non-hydrogen) atoms.